The van der Waals surface area contributed by atoms with E-state index < -0.39 is 0 Å². The number of hydrogen-bond acceptors (Lipinski definition) is 2. The molecule has 4 rings (SSSR count). The molecule has 0 unspecified atom stereocenters. The van der Waals surface area contributed by atoms with Crippen molar-refractivity contribution in [3.05, 3.63) is 70.8 Å². The lowest BCUT2D eigenvalue weighted by Gasteiger charge is -2.19. The summed E-state index contributed by atoms with van der Waals surface area (Å²) >= 11 is 0. The summed E-state index contributed by atoms with van der Waals surface area (Å²) < 4.78 is 11.3. The van der Waals surface area contributed by atoms with Crippen molar-refractivity contribution in [1.29, 1.82) is 0 Å². The number of fused-ring (bicyclic) bond motifs is 2. The van der Waals surface area contributed by atoms with Crippen LogP contribution < -0.4 is 9.47 Å². The van der Waals surface area contributed by atoms with E-state index in [2.05, 4.69) is 67.6 Å². The van der Waals surface area contributed by atoms with Crippen LogP contribution in [0.4, 0.5) is 0 Å². The smallest absolute Gasteiger partial charge is 0.127 e. The van der Waals surface area contributed by atoms with Crippen LogP contribution in [0.3, 0.4) is 0 Å². The SMILES string of the molecule is CC(c1ccc2c(c1)C=CCO2)c1ccc2c(c1)C=CCO2. The summed E-state index contributed by atoms with van der Waals surface area (Å²) in [6.07, 6.45) is 8.38. The molecule has 2 heteroatoms. The van der Waals surface area contributed by atoms with Crippen LogP contribution in [-0.4, -0.2) is 13.2 Å². The van der Waals surface area contributed by atoms with E-state index >= 15 is 0 Å². The fourth-order valence-corrected chi connectivity index (χ4v) is 3.01. The summed E-state index contributed by atoms with van der Waals surface area (Å²) in [5, 5.41) is 0. The van der Waals surface area contributed by atoms with Crippen LogP contribution in [0.25, 0.3) is 12.2 Å². The van der Waals surface area contributed by atoms with Crippen LogP contribution in [-0.2, 0) is 0 Å². The van der Waals surface area contributed by atoms with E-state index in [9.17, 15) is 0 Å². The van der Waals surface area contributed by atoms with Gasteiger partial charge in [-0.05, 0) is 47.5 Å². The van der Waals surface area contributed by atoms with Gasteiger partial charge in [0.1, 0.15) is 24.7 Å². The first-order chi connectivity index (χ1) is 10.8. The Morgan fingerprint density at radius 3 is 1.77 bits per heavy atom. The third-order valence-corrected chi connectivity index (χ3v) is 4.33. The van der Waals surface area contributed by atoms with Crippen LogP contribution in [0.1, 0.15) is 35.1 Å². The van der Waals surface area contributed by atoms with Gasteiger partial charge >= 0.3 is 0 Å². The van der Waals surface area contributed by atoms with Gasteiger partial charge in [-0.3, -0.25) is 0 Å². The van der Waals surface area contributed by atoms with E-state index in [0.29, 0.717) is 19.1 Å². The molecule has 0 fully saturated rings. The minimum Gasteiger partial charge on any atom is -0.489 e. The number of rotatable bonds is 2. The molecule has 0 spiro atoms. The fourth-order valence-electron chi connectivity index (χ4n) is 3.01. The number of ether oxygens (including phenoxy) is 2. The third kappa shape index (κ3) is 2.31. The van der Waals surface area contributed by atoms with Crippen molar-refractivity contribution in [1.82, 2.24) is 0 Å². The summed E-state index contributed by atoms with van der Waals surface area (Å²) in [7, 11) is 0. The first-order valence-electron chi connectivity index (χ1n) is 7.68. The topological polar surface area (TPSA) is 18.5 Å². The zero-order valence-corrected chi connectivity index (χ0v) is 12.6. The first kappa shape index (κ1) is 13.2. The summed E-state index contributed by atoms with van der Waals surface area (Å²) in [6.45, 7) is 3.57. The van der Waals surface area contributed by atoms with E-state index in [4.69, 9.17) is 9.47 Å². The lowest BCUT2D eigenvalue weighted by Crippen LogP contribution is -2.04. The highest BCUT2D eigenvalue weighted by molar-refractivity contribution is 5.63. The van der Waals surface area contributed by atoms with E-state index in [0.717, 1.165) is 22.6 Å². The standard InChI is InChI=1S/C20H18O2/c1-14(15-6-8-19-17(12-15)4-2-10-21-19)16-7-9-20-18(13-16)5-3-11-22-20/h2-9,12-14H,10-11H2,1H3. The highest BCUT2D eigenvalue weighted by atomic mass is 16.5. The Morgan fingerprint density at radius 1 is 0.773 bits per heavy atom. The maximum Gasteiger partial charge on any atom is 0.127 e. The Labute approximate surface area is 130 Å². The molecule has 0 aliphatic carbocycles. The molecule has 110 valence electrons. The fraction of sp³-hybridized carbons (Fsp3) is 0.200. The van der Waals surface area contributed by atoms with E-state index in [1.807, 2.05) is 0 Å². The van der Waals surface area contributed by atoms with Gasteiger partial charge < -0.3 is 9.47 Å². The van der Waals surface area contributed by atoms with Crippen LogP contribution in [0.15, 0.2) is 48.6 Å². The van der Waals surface area contributed by atoms with Crippen molar-refractivity contribution < 1.29 is 9.47 Å². The molecular weight excluding hydrogens is 272 g/mol. The molecule has 0 N–H and O–H groups in total. The lowest BCUT2D eigenvalue weighted by molar-refractivity contribution is 0.358. The molecular formula is C20H18O2. The van der Waals surface area contributed by atoms with E-state index in [-0.39, 0.29) is 0 Å². The maximum absolute atomic E-state index is 5.63. The minimum absolute atomic E-state index is 0.334. The third-order valence-electron chi connectivity index (χ3n) is 4.33. The molecule has 2 aromatic carbocycles. The Balaban J connectivity index is 1.69. The van der Waals surface area contributed by atoms with Gasteiger partial charge in [0, 0.05) is 17.0 Å². The summed E-state index contributed by atoms with van der Waals surface area (Å²) in [4.78, 5) is 0. The molecule has 0 amide bonds. The predicted molar refractivity (Wildman–Crippen MR) is 89.5 cm³/mol. The summed E-state index contributed by atoms with van der Waals surface area (Å²) in [6, 6.07) is 12.9. The molecule has 2 aromatic rings. The summed E-state index contributed by atoms with van der Waals surface area (Å²) in [5.41, 5.74) is 4.93. The monoisotopic (exact) mass is 290 g/mol. The molecule has 0 radical (unpaired) electrons. The zero-order valence-electron chi connectivity index (χ0n) is 12.6. The van der Waals surface area contributed by atoms with Crippen LogP contribution in [0.5, 0.6) is 11.5 Å². The molecule has 0 atom stereocenters. The van der Waals surface area contributed by atoms with Gasteiger partial charge in [0.2, 0.25) is 0 Å². The molecule has 2 heterocycles. The highest BCUT2D eigenvalue weighted by Crippen LogP contribution is 2.33. The lowest BCUT2D eigenvalue weighted by atomic mass is 9.90. The first-order valence-corrected chi connectivity index (χ1v) is 7.68. The zero-order chi connectivity index (χ0) is 14.9. The second-order valence-corrected chi connectivity index (χ2v) is 5.74. The van der Waals surface area contributed by atoms with E-state index in [1.165, 1.54) is 11.1 Å². The molecule has 0 saturated carbocycles. The second kappa shape index (κ2) is 5.38. The van der Waals surface area contributed by atoms with Gasteiger partial charge in [0.25, 0.3) is 0 Å². The summed E-state index contributed by atoms with van der Waals surface area (Å²) in [5.74, 6) is 2.28. The molecule has 0 bridgehead atoms. The largest absolute Gasteiger partial charge is 0.489 e. The van der Waals surface area contributed by atoms with Crippen molar-refractivity contribution in [2.24, 2.45) is 0 Å². The van der Waals surface area contributed by atoms with Crippen molar-refractivity contribution in [2.75, 3.05) is 13.2 Å². The number of hydrogen-bond donors (Lipinski definition) is 0. The van der Waals surface area contributed by atoms with Crippen LogP contribution in [0, 0.1) is 0 Å². The van der Waals surface area contributed by atoms with Crippen LogP contribution in [0.2, 0.25) is 0 Å². The maximum atomic E-state index is 5.63. The van der Waals surface area contributed by atoms with Crippen molar-refractivity contribution in [3.8, 4) is 11.5 Å². The molecule has 0 aromatic heterocycles. The van der Waals surface area contributed by atoms with Crippen molar-refractivity contribution in [3.63, 3.8) is 0 Å². The van der Waals surface area contributed by atoms with Gasteiger partial charge in [-0.15, -0.1) is 0 Å². The van der Waals surface area contributed by atoms with E-state index in [1.54, 1.807) is 0 Å². The second-order valence-electron chi connectivity index (χ2n) is 5.74. The molecule has 2 nitrogen and oxygen atoms in total. The predicted octanol–water partition coefficient (Wildman–Crippen LogP) is 4.65. The average Bonchev–Trinajstić information content (AvgIpc) is 2.60. The molecule has 0 saturated heterocycles. The van der Waals surface area contributed by atoms with Gasteiger partial charge in [-0.25, -0.2) is 0 Å². The Bertz CT molecular complexity index is 706. The number of benzene rings is 2. The average molecular weight is 290 g/mol. The molecule has 2 aliphatic rings. The van der Waals surface area contributed by atoms with Gasteiger partial charge in [-0.2, -0.15) is 0 Å². The minimum atomic E-state index is 0.334. The normalized spacial score (nSPS) is 15.0. The Hall–Kier alpha value is -2.48. The molecule has 2 aliphatic heterocycles. The Morgan fingerprint density at radius 2 is 1.27 bits per heavy atom. The highest BCUT2D eigenvalue weighted by Gasteiger charge is 2.14. The quantitative estimate of drug-likeness (QED) is 0.801. The van der Waals surface area contributed by atoms with Gasteiger partial charge in [-0.1, -0.05) is 31.2 Å². The van der Waals surface area contributed by atoms with Crippen LogP contribution >= 0.6 is 0 Å². The van der Waals surface area contributed by atoms with Gasteiger partial charge in [0.15, 0.2) is 0 Å². The Kier molecular flexibility index (Phi) is 3.23. The van der Waals surface area contributed by atoms with Gasteiger partial charge in [0.05, 0.1) is 0 Å². The molecule has 22 heavy (non-hydrogen) atoms. The van der Waals surface area contributed by atoms with Crippen molar-refractivity contribution in [2.45, 2.75) is 12.8 Å². The van der Waals surface area contributed by atoms with Crippen molar-refractivity contribution >= 4 is 12.2 Å².